The molecule has 12 nitrogen and oxygen atoms in total. The van der Waals surface area contributed by atoms with Gasteiger partial charge in [0.05, 0.1) is 25.6 Å². The maximum Gasteiger partial charge on any atom is 0.409 e. The fraction of sp³-hybridized carbons (Fsp3) is 0.625. The second-order valence-corrected chi connectivity index (χ2v) is 14.0. The van der Waals surface area contributed by atoms with E-state index in [0.29, 0.717) is 17.6 Å². The molecule has 0 fully saturated rings. The first-order valence-corrected chi connectivity index (χ1v) is 15.4. The van der Waals surface area contributed by atoms with E-state index in [9.17, 15) is 19.3 Å². The number of rotatable bonds is 12. The van der Waals surface area contributed by atoms with Crippen molar-refractivity contribution < 1.29 is 28.3 Å². The first-order valence-electron chi connectivity index (χ1n) is 12.6. The molecule has 0 saturated heterocycles. The molecule has 4 atom stereocenters. The normalized spacial score (nSPS) is 20.1. The number of fused-ring (bicyclic) bond motifs is 1. The number of thioether (sulfide) groups is 1. The van der Waals surface area contributed by atoms with Crippen LogP contribution in [0.25, 0.3) is 11.2 Å². The quantitative estimate of drug-likeness (QED) is 0.148. The molecule has 3 N–H and O–H groups in total. The van der Waals surface area contributed by atoms with Gasteiger partial charge in [-0.25, -0.2) is 9.55 Å². The van der Waals surface area contributed by atoms with E-state index in [2.05, 4.69) is 15.0 Å². The summed E-state index contributed by atoms with van der Waals surface area (Å²) in [5.74, 6) is -1.01. The summed E-state index contributed by atoms with van der Waals surface area (Å²) in [4.78, 5) is 36.6. The van der Waals surface area contributed by atoms with E-state index in [4.69, 9.17) is 26.4 Å². The highest BCUT2D eigenvalue weighted by atomic mass is 35.5. The molecule has 0 aromatic carbocycles. The number of allylic oxidation sites excluding steroid dienone is 1. The van der Waals surface area contributed by atoms with E-state index in [1.54, 1.807) is 20.2 Å². The average Bonchev–Trinajstić information content (AvgIpc) is 3.46. The van der Waals surface area contributed by atoms with E-state index < -0.39 is 31.2 Å². The fourth-order valence-electron chi connectivity index (χ4n) is 4.14. The van der Waals surface area contributed by atoms with Crippen LogP contribution in [0.3, 0.4) is 0 Å². The zero-order valence-corrected chi connectivity index (χ0v) is 25.4. The molecular formula is C24H36ClN6O6PS. The van der Waals surface area contributed by atoms with Crippen LogP contribution in [-0.4, -0.2) is 71.4 Å². The average molecular weight is 603 g/mol. The number of nitrogens with two attached hydrogens (primary N) is 1. The van der Waals surface area contributed by atoms with Crippen LogP contribution < -0.4 is 5.73 Å². The van der Waals surface area contributed by atoms with Crippen molar-refractivity contribution in [1.82, 2.24) is 24.2 Å². The third kappa shape index (κ3) is 7.59. The minimum atomic E-state index is -4.06. The Hall–Kier alpha value is -2.02. The number of halogens is 1. The van der Waals surface area contributed by atoms with Gasteiger partial charge in [0.2, 0.25) is 5.95 Å². The van der Waals surface area contributed by atoms with Crippen molar-refractivity contribution in [2.24, 2.45) is 11.3 Å². The van der Waals surface area contributed by atoms with Crippen molar-refractivity contribution in [3.05, 3.63) is 23.6 Å². The standard InChI is InChI=1S/C24H36ClN6O6PS/c1-14(2)31(15(3)21(32)33)38(35,36-9-10-39-22(34)24(4,5)6)37-12-16-7-8-17(11-16)30-13-27-18-19(25)28-23(26)29-20(18)30/h7-8,13-17H,9-12H2,1-6H3,(H,32,33)(H2,26,28,29)/t15?,16-,17+,38?/m1/s1. The van der Waals surface area contributed by atoms with E-state index in [0.717, 1.165) is 11.8 Å². The third-order valence-corrected chi connectivity index (χ3v) is 9.97. The molecule has 0 aliphatic heterocycles. The first-order chi connectivity index (χ1) is 18.1. The van der Waals surface area contributed by atoms with Crippen LogP contribution in [0.15, 0.2) is 18.5 Å². The molecule has 0 saturated carbocycles. The summed E-state index contributed by atoms with van der Waals surface area (Å²) >= 11 is 7.23. The smallest absolute Gasteiger partial charge is 0.409 e. The number of carboxylic acid groups (broad SMARTS) is 1. The van der Waals surface area contributed by atoms with Gasteiger partial charge in [0.25, 0.3) is 0 Å². The Morgan fingerprint density at radius 2 is 1.97 bits per heavy atom. The summed E-state index contributed by atoms with van der Waals surface area (Å²) in [5.41, 5.74) is 6.18. The Kier molecular flexibility index (Phi) is 10.2. The summed E-state index contributed by atoms with van der Waals surface area (Å²) in [6.07, 6.45) is 6.09. The van der Waals surface area contributed by atoms with Gasteiger partial charge < -0.3 is 15.4 Å². The van der Waals surface area contributed by atoms with Crippen molar-refractivity contribution in [2.75, 3.05) is 24.7 Å². The Morgan fingerprint density at radius 1 is 1.28 bits per heavy atom. The van der Waals surface area contributed by atoms with Crippen LogP contribution >= 0.6 is 31.1 Å². The number of carbonyl (C=O) groups is 2. The molecule has 39 heavy (non-hydrogen) atoms. The number of carbonyl (C=O) groups excluding carboxylic acids is 1. The monoisotopic (exact) mass is 602 g/mol. The topological polar surface area (TPSA) is 163 Å². The number of hydrogen-bond acceptors (Lipinski definition) is 10. The molecule has 2 heterocycles. The number of anilines is 1. The second-order valence-electron chi connectivity index (χ2n) is 10.6. The summed E-state index contributed by atoms with van der Waals surface area (Å²) in [7, 11) is -4.06. The maximum absolute atomic E-state index is 14.1. The molecule has 216 valence electrons. The summed E-state index contributed by atoms with van der Waals surface area (Å²) < 4.78 is 28.9. The summed E-state index contributed by atoms with van der Waals surface area (Å²) in [6, 6.07) is -1.71. The van der Waals surface area contributed by atoms with Gasteiger partial charge in [-0.2, -0.15) is 14.6 Å². The SMILES string of the molecule is CC(C)N(C(C)C(=O)O)P(=O)(OCCSC(=O)C(C)(C)C)OC[C@@H]1C=C[C@H](n2cnc3c(Cl)nc(N)nc32)C1. The minimum Gasteiger partial charge on any atom is -0.480 e. The molecule has 0 amide bonds. The Balaban J connectivity index is 1.72. The van der Waals surface area contributed by atoms with Crippen molar-refractivity contribution in [2.45, 2.75) is 66.1 Å². The molecule has 1 aliphatic carbocycles. The molecule has 0 spiro atoms. The van der Waals surface area contributed by atoms with Crippen LogP contribution in [0.5, 0.6) is 0 Å². The Labute approximate surface area is 237 Å². The predicted molar refractivity (Wildman–Crippen MR) is 152 cm³/mol. The number of hydrogen-bond donors (Lipinski definition) is 2. The van der Waals surface area contributed by atoms with Crippen LogP contribution in [0.1, 0.15) is 54.0 Å². The van der Waals surface area contributed by atoms with Crippen molar-refractivity contribution >= 4 is 59.3 Å². The highest BCUT2D eigenvalue weighted by Gasteiger charge is 2.42. The van der Waals surface area contributed by atoms with E-state index >= 15 is 0 Å². The lowest BCUT2D eigenvalue weighted by Crippen LogP contribution is -2.42. The van der Waals surface area contributed by atoms with E-state index in [1.165, 1.54) is 11.6 Å². The second kappa shape index (κ2) is 12.7. The fourth-order valence-corrected chi connectivity index (χ4v) is 7.40. The maximum atomic E-state index is 14.1. The van der Waals surface area contributed by atoms with Crippen LogP contribution in [-0.2, 0) is 23.2 Å². The highest BCUT2D eigenvalue weighted by molar-refractivity contribution is 8.13. The van der Waals surface area contributed by atoms with Gasteiger partial charge in [-0.3, -0.25) is 18.6 Å². The summed E-state index contributed by atoms with van der Waals surface area (Å²) in [5, 5.41) is 9.82. The van der Waals surface area contributed by atoms with Crippen molar-refractivity contribution in [3.63, 3.8) is 0 Å². The predicted octanol–water partition coefficient (Wildman–Crippen LogP) is 4.81. The van der Waals surface area contributed by atoms with Crippen LogP contribution in [0, 0.1) is 11.3 Å². The first kappa shape index (κ1) is 31.5. The van der Waals surface area contributed by atoms with Gasteiger partial charge >= 0.3 is 13.7 Å². The van der Waals surface area contributed by atoms with E-state index in [-0.39, 0.29) is 47.1 Å². The lowest BCUT2D eigenvalue weighted by molar-refractivity contribution is -0.142. The van der Waals surface area contributed by atoms with Gasteiger partial charge in [-0.1, -0.05) is 56.3 Å². The molecule has 15 heteroatoms. The third-order valence-electron chi connectivity index (χ3n) is 6.10. The number of nitrogens with zero attached hydrogens (tertiary/aromatic N) is 5. The molecule has 2 aromatic rings. The largest absolute Gasteiger partial charge is 0.480 e. The van der Waals surface area contributed by atoms with Gasteiger partial charge in [0, 0.05) is 23.1 Å². The lowest BCUT2D eigenvalue weighted by atomic mass is 10.00. The van der Waals surface area contributed by atoms with Gasteiger partial charge in [0.15, 0.2) is 15.9 Å². The Bertz CT molecular complexity index is 1280. The molecular weight excluding hydrogens is 567 g/mol. The van der Waals surface area contributed by atoms with Crippen molar-refractivity contribution in [3.8, 4) is 0 Å². The molecule has 3 rings (SSSR count). The molecule has 2 aromatic heterocycles. The van der Waals surface area contributed by atoms with Gasteiger partial charge in [-0.15, -0.1) is 0 Å². The molecule has 0 bridgehead atoms. The molecule has 0 radical (unpaired) electrons. The molecule has 2 unspecified atom stereocenters. The van der Waals surface area contributed by atoms with E-state index in [1.807, 2.05) is 37.5 Å². The van der Waals surface area contributed by atoms with Gasteiger partial charge in [-0.05, 0) is 27.2 Å². The van der Waals surface area contributed by atoms with Crippen molar-refractivity contribution in [1.29, 1.82) is 0 Å². The number of aliphatic carboxylic acids is 1. The van der Waals surface area contributed by atoms with Crippen LogP contribution in [0.2, 0.25) is 5.15 Å². The lowest BCUT2D eigenvalue weighted by Gasteiger charge is -2.36. The number of imidazole rings is 1. The van der Waals surface area contributed by atoms with Gasteiger partial charge in [0.1, 0.15) is 11.6 Å². The van der Waals surface area contributed by atoms with Crippen LogP contribution in [0.4, 0.5) is 5.95 Å². The zero-order valence-electron chi connectivity index (χ0n) is 22.9. The summed E-state index contributed by atoms with van der Waals surface area (Å²) in [6.45, 7) is 10.3. The molecule has 1 aliphatic rings. The number of carboxylic acids is 1. The zero-order chi connectivity index (χ0) is 29.1. The Morgan fingerprint density at radius 3 is 2.59 bits per heavy atom. The highest BCUT2D eigenvalue weighted by Crippen LogP contribution is 2.55. The number of aromatic nitrogens is 4. The number of nitrogen functional groups attached to an aromatic ring is 1. The minimum absolute atomic E-state index is 0.0241.